The molecule has 0 N–H and O–H groups in total. The number of thiophene rings is 1. The molecule has 0 bridgehead atoms. The Hall–Kier alpha value is -2.03. The number of fused-ring (bicyclic) bond motifs is 1. The Balaban J connectivity index is 1.37. The molecule has 2 aromatic heterocycles. The highest BCUT2D eigenvalue weighted by Gasteiger charge is 2.31. The summed E-state index contributed by atoms with van der Waals surface area (Å²) >= 11 is 1.62. The van der Waals surface area contributed by atoms with Crippen molar-refractivity contribution >= 4 is 23.3 Å². The fourth-order valence-electron chi connectivity index (χ4n) is 3.99. The van der Waals surface area contributed by atoms with Crippen LogP contribution in [0.1, 0.15) is 35.0 Å². The number of aryl methyl sites for hydroxylation is 1. The average Bonchev–Trinajstić information content (AvgIpc) is 3.46. The topological polar surface area (TPSA) is 63.5 Å². The second-order valence-electron chi connectivity index (χ2n) is 7.43. The SMILES string of the molecule is Cn1nnc2c1[C@@H](COCCN1CCCC1)CN(C(=O)/C=C/c1cccs1)C2. The Morgan fingerprint density at radius 2 is 2.25 bits per heavy atom. The lowest BCUT2D eigenvalue weighted by Gasteiger charge is -2.31. The molecule has 4 rings (SSSR count). The molecule has 0 spiro atoms. The zero-order chi connectivity index (χ0) is 19.3. The van der Waals surface area contributed by atoms with E-state index in [0.717, 1.165) is 29.4 Å². The van der Waals surface area contributed by atoms with Gasteiger partial charge in [0.15, 0.2) is 0 Å². The van der Waals surface area contributed by atoms with Gasteiger partial charge in [0.05, 0.1) is 25.5 Å². The Morgan fingerprint density at radius 3 is 3.04 bits per heavy atom. The van der Waals surface area contributed by atoms with Crippen LogP contribution < -0.4 is 0 Å². The van der Waals surface area contributed by atoms with E-state index in [-0.39, 0.29) is 11.8 Å². The summed E-state index contributed by atoms with van der Waals surface area (Å²) in [5, 5.41) is 10.4. The van der Waals surface area contributed by atoms with Gasteiger partial charge in [0.25, 0.3) is 0 Å². The van der Waals surface area contributed by atoms with E-state index in [1.165, 1.54) is 25.9 Å². The summed E-state index contributed by atoms with van der Waals surface area (Å²) in [6.07, 6.45) is 6.12. The molecule has 2 aromatic rings. The first-order valence-electron chi connectivity index (χ1n) is 9.90. The van der Waals surface area contributed by atoms with E-state index in [0.29, 0.717) is 19.7 Å². The van der Waals surface area contributed by atoms with Crippen LogP contribution in [0.4, 0.5) is 0 Å². The maximum atomic E-state index is 12.7. The summed E-state index contributed by atoms with van der Waals surface area (Å²) in [7, 11) is 1.91. The predicted molar refractivity (Wildman–Crippen MR) is 109 cm³/mol. The average molecular weight is 402 g/mol. The molecule has 4 heterocycles. The molecule has 150 valence electrons. The zero-order valence-corrected chi connectivity index (χ0v) is 17.1. The van der Waals surface area contributed by atoms with Crippen LogP contribution in [0.2, 0.25) is 0 Å². The lowest BCUT2D eigenvalue weighted by atomic mass is 9.99. The normalized spacial score (nSPS) is 20.2. The summed E-state index contributed by atoms with van der Waals surface area (Å²) in [4.78, 5) is 18.1. The molecular formula is C20H27N5O2S. The summed E-state index contributed by atoms with van der Waals surface area (Å²) in [6.45, 7) is 5.79. The summed E-state index contributed by atoms with van der Waals surface area (Å²) in [6, 6.07) is 3.99. The maximum absolute atomic E-state index is 12.7. The van der Waals surface area contributed by atoms with E-state index in [2.05, 4.69) is 15.2 Å². The number of carbonyl (C=O) groups excluding carboxylic acids is 1. The summed E-state index contributed by atoms with van der Waals surface area (Å²) in [5.41, 5.74) is 1.97. The van der Waals surface area contributed by atoms with Gasteiger partial charge in [0.2, 0.25) is 5.91 Å². The van der Waals surface area contributed by atoms with Crippen molar-refractivity contribution in [3.63, 3.8) is 0 Å². The van der Waals surface area contributed by atoms with Crippen LogP contribution in [0, 0.1) is 0 Å². The fourth-order valence-corrected chi connectivity index (χ4v) is 4.61. The summed E-state index contributed by atoms with van der Waals surface area (Å²) in [5.74, 6) is 0.105. The van der Waals surface area contributed by atoms with Crippen LogP contribution in [0.5, 0.6) is 0 Å². The molecule has 7 nitrogen and oxygen atoms in total. The van der Waals surface area contributed by atoms with E-state index in [4.69, 9.17) is 4.74 Å². The molecule has 0 aromatic carbocycles. The van der Waals surface area contributed by atoms with Gasteiger partial charge in [-0.05, 0) is 43.5 Å². The molecule has 0 saturated carbocycles. The summed E-state index contributed by atoms with van der Waals surface area (Å²) < 4.78 is 7.82. The molecule has 1 amide bonds. The Morgan fingerprint density at radius 1 is 1.39 bits per heavy atom. The van der Waals surface area contributed by atoms with Crippen LogP contribution in [0.25, 0.3) is 6.08 Å². The molecule has 0 unspecified atom stereocenters. The van der Waals surface area contributed by atoms with Crippen LogP contribution in [0.3, 0.4) is 0 Å². The van der Waals surface area contributed by atoms with Crippen LogP contribution >= 0.6 is 11.3 Å². The third kappa shape index (κ3) is 4.51. The second-order valence-corrected chi connectivity index (χ2v) is 8.41. The van der Waals surface area contributed by atoms with Crippen LogP contribution in [-0.2, 0) is 23.1 Å². The minimum Gasteiger partial charge on any atom is -0.379 e. The molecule has 2 aliphatic heterocycles. The first-order valence-corrected chi connectivity index (χ1v) is 10.8. The van der Waals surface area contributed by atoms with Crippen molar-refractivity contribution in [2.75, 3.05) is 39.4 Å². The van der Waals surface area contributed by atoms with Crippen molar-refractivity contribution in [3.8, 4) is 0 Å². The van der Waals surface area contributed by atoms with Crippen LogP contribution in [0.15, 0.2) is 23.6 Å². The van der Waals surface area contributed by atoms with Crippen molar-refractivity contribution in [3.05, 3.63) is 39.9 Å². The fraction of sp³-hybridized carbons (Fsp3) is 0.550. The van der Waals surface area contributed by atoms with Crippen molar-refractivity contribution in [2.45, 2.75) is 25.3 Å². The molecule has 28 heavy (non-hydrogen) atoms. The van der Waals surface area contributed by atoms with Crippen molar-refractivity contribution in [1.29, 1.82) is 0 Å². The molecule has 0 aliphatic carbocycles. The Bertz CT molecular complexity index is 811. The first-order chi connectivity index (χ1) is 13.7. The van der Waals surface area contributed by atoms with Gasteiger partial charge >= 0.3 is 0 Å². The highest BCUT2D eigenvalue weighted by molar-refractivity contribution is 7.10. The van der Waals surface area contributed by atoms with Gasteiger partial charge in [-0.1, -0.05) is 11.3 Å². The molecular weight excluding hydrogens is 374 g/mol. The number of amides is 1. The second kappa shape index (κ2) is 8.98. The smallest absolute Gasteiger partial charge is 0.246 e. The quantitative estimate of drug-likeness (QED) is 0.525. The van der Waals surface area contributed by atoms with Gasteiger partial charge in [-0.2, -0.15) is 0 Å². The number of hydrogen-bond donors (Lipinski definition) is 0. The Labute approximate surface area is 169 Å². The number of ether oxygens (including phenoxy) is 1. The molecule has 1 atom stereocenters. The molecule has 0 radical (unpaired) electrons. The molecule has 1 fully saturated rings. The predicted octanol–water partition coefficient (Wildman–Crippen LogP) is 2.13. The van der Waals surface area contributed by atoms with Gasteiger partial charge < -0.3 is 14.5 Å². The minimum atomic E-state index is 0.00627. The van der Waals surface area contributed by atoms with Gasteiger partial charge in [-0.3, -0.25) is 9.48 Å². The lowest BCUT2D eigenvalue weighted by molar-refractivity contribution is -0.127. The first kappa shape index (κ1) is 19.3. The van der Waals surface area contributed by atoms with E-state index < -0.39 is 0 Å². The van der Waals surface area contributed by atoms with Crippen LogP contribution in [-0.4, -0.2) is 70.1 Å². The van der Waals surface area contributed by atoms with Gasteiger partial charge in [-0.25, -0.2) is 0 Å². The number of aromatic nitrogens is 3. The van der Waals surface area contributed by atoms with E-state index in [9.17, 15) is 4.79 Å². The largest absolute Gasteiger partial charge is 0.379 e. The molecule has 8 heteroatoms. The number of carbonyl (C=O) groups is 1. The highest BCUT2D eigenvalue weighted by Crippen LogP contribution is 2.27. The maximum Gasteiger partial charge on any atom is 0.246 e. The highest BCUT2D eigenvalue weighted by atomic mass is 32.1. The zero-order valence-electron chi connectivity index (χ0n) is 16.3. The van der Waals surface area contributed by atoms with Crippen molar-refractivity contribution in [2.24, 2.45) is 7.05 Å². The van der Waals surface area contributed by atoms with Crippen molar-refractivity contribution in [1.82, 2.24) is 24.8 Å². The van der Waals surface area contributed by atoms with Crippen molar-refractivity contribution < 1.29 is 9.53 Å². The lowest BCUT2D eigenvalue weighted by Crippen LogP contribution is -2.39. The third-order valence-corrected chi connectivity index (χ3v) is 6.26. The Kier molecular flexibility index (Phi) is 6.19. The third-order valence-electron chi connectivity index (χ3n) is 5.43. The number of hydrogen-bond acceptors (Lipinski definition) is 6. The number of nitrogens with zero attached hydrogens (tertiary/aromatic N) is 5. The van der Waals surface area contributed by atoms with E-state index in [1.807, 2.05) is 40.2 Å². The van der Waals surface area contributed by atoms with E-state index >= 15 is 0 Å². The minimum absolute atomic E-state index is 0.00627. The standard InChI is InChI=1S/C20H27N5O2S/c1-23-20-16(15-27-11-10-24-8-2-3-9-24)13-25(14-18(20)21-22-23)19(26)7-6-17-5-4-12-28-17/h4-7,12,16H,2-3,8-11,13-15H2,1H3/b7-6+/t16-/m1/s1. The monoisotopic (exact) mass is 401 g/mol. The van der Waals surface area contributed by atoms with Gasteiger partial charge in [0.1, 0.15) is 5.69 Å². The van der Waals surface area contributed by atoms with Gasteiger partial charge in [0, 0.05) is 37.0 Å². The number of rotatable bonds is 7. The molecule has 1 saturated heterocycles. The van der Waals surface area contributed by atoms with Gasteiger partial charge in [-0.15, -0.1) is 16.4 Å². The van der Waals surface area contributed by atoms with E-state index in [1.54, 1.807) is 17.4 Å². The number of likely N-dealkylation sites (tertiary alicyclic amines) is 1. The molecule has 2 aliphatic rings.